The van der Waals surface area contributed by atoms with Crippen molar-refractivity contribution in [2.24, 2.45) is 5.10 Å². The molecule has 0 bridgehead atoms. The Morgan fingerprint density at radius 1 is 1.09 bits per heavy atom. The number of hydrogen-bond acceptors (Lipinski definition) is 3. The minimum atomic E-state index is -0.855. The van der Waals surface area contributed by atoms with E-state index in [2.05, 4.69) is 15.8 Å². The second-order valence-corrected chi connectivity index (χ2v) is 4.96. The number of hydrogen-bond donors (Lipinski definition) is 2. The van der Waals surface area contributed by atoms with Crippen LogP contribution < -0.4 is 10.7 Å². The third-order valence-electron chi connectivity index (χ3n) is 2.83. The molecule has 2 aromatic rings. The molecule has 2 amide bonds. The van der Waals surface area contributed by atoms with Crippen LogP contribution >= 0.6 is 11.6 Å². The molecule has 0 spiro atoms. The largest absolute Gasteiger partial charge is 0.329 e. The Hall–Kier alpha value is -2.66. The summed E-state index contributed by atoms with van der Waals surface area (Å²) in [6.07, 6.45) is 1.45. The van der Waals surface area contributed by atoms with Crippen molar-refractivity contribution in [3.8, 4) is 0 Å². The summed E-state index contributed by atoms with van der Waals surface area (Å²) >= 11 is 5.86. The first-order valence-electron chi connectivity index (χ1n) is 6.52. The predicted molar refractivity (Wildman–Crippen MR) is 87.0 cm³/mol. The molecule has 2 aromatic carbocycles. The normalized spacial score (nSPS) is 10.5. The molecule has 112 valence electrons. The van der Waals surface area contributed by atoms with Crippen molar-refractivity contribution < 1.29 is 9.59 Å². The molecule has 0 aliphatic rings. The summed E-state index contributed by atoms with van der Waals surface area (Å²) in [5.41, 5.74) is 4.27. The van der Waals surface area contributed by atoms with Gasteiger partial charge in [0.1, 0.15) is 0 Å². The summed E-state index contributed by atoms with van der Waals surface area (Å²) in [6, 6.07) is 14.2. The van der Waals surface area contributed by atoms with Crippen molar-refractivity contribution >= 4 is 35.3 Å². The number of anilines is 1. The number of aryl methyl sites for hydroxylation is 1. The number of halogens is 1. The van der Waals surface area contributed by atoms with E-state index in [1.165, 1.54) is 6.21 Å². The molecular formula is C16H14ClN3O2. The summed E-state index contributed by atoms with van der Waals surface area (Å²) in [5.74, 6) is -1.66. The molecule has 0 saturated carbocycles. The van der Waals surface area contributed by atoms with Crippen molar-refractivity contribution in [1.82, 2.24) is 5.43 Å². The molecule has 2 rings (SSSR count). The van der Waals surface area contributed by atoms with Gasteiger partial charge >= 0.3 is 11.8 Å². The average Bonchev–Trinajstić information content (AvgIpc) is 2.52. The molecule has 0 unspecified atom stereocenters. The molecule has 0 atom stereocenters. The predicted octanol–water partition coefficient (Wildman–Crippen LogP) is 2.74. The van der Waals surface area contributed by atoms with Gasteiger partial charge in [0, 0.05) is 10.7 Å². The van der Waals surface area contributed by atoms with E-state index in [0.717, 1.165) is 11.1 Å². The topological polar surface area (TPSA) is 70.6 Å². The second-order valence-electron chi connectivity index (χ2n) is 4.52. The van der Waals surface area contributed by atoms with Gasteiger partial charge in [-0.3, -0.25) is 9.59 Å². The van der Waals surface area contributed by atoms with Gasteiger partial charge in [0.05, 0.1) is 6.21 Å². The molecule has 22 heavy (non-hydrogen) atoms. The number of carbonyl (C=O) groups excluding carboxylic acids is 2. The van der Waals surface area contributed by atoms with E-state index in [4.69, 9.17) is 11.6 Å². The van der Waals surface area contributed by atoms with Crippen LogP contribution in [0.1, 0.15) is 11.1 Å². The Morgan fingerprint density at radius 3 is 2.55 bits per heavy atom. The number of nitrogens with zero attached hydrogens (tertiary/aromatic N) is 1. The summed E-state index contributed by atoms with van der Waals surface area (Å²) in [5, 5.41) is 6.70. The molecule has 2 N–H and O–H groups in total. The van der Waals surface area contributed by atoms with Gasteiger partial charge in [0.15, 0.2) is 0 Å². The molecule has 0 saturated heterocycles. The maximum atomic E-state index is 11.8. The minimum absolute atomic E-state index is 0.475. The van der Waals surface area contributed by atoms with Crippen LogP contribution in [0.3, 0.4) is 0 Å². The standard InChI is InChI=1S/C16H14ClN3O2/c1-11-7-8-13(17)9-14(11)19-15(21)16(22)20-18-10-12-5-3-2-4-6-12/h2-10H,1H3,(H,19,21)(H,20,22). The Labute approximate surface area is 133 Å². The van der Waals surface area contributed by atoms with Crippen molar-refractivity contribution in [2.45, 2.75) is 6.92 Å². The van der Waals surface area contributed by atoms with Crippen LogP contribution in [0.2, 0.25) is 5.02 Å². The van der Waals surface area contributed by atoms with Crippen LogP contribution in [-0.2, 0) is 9.59 Å². The lowest BCUT2D eigenvalue weighted by Crippen LogP contribution is -2.32. The van der Waals surface area contributed by atoms with Gasteiger partial charge in [-0.2, -0.15) is 5.10 Å². The van der Waals surface area contributed by atoms with Gasteiger partial charge in [0.2, 0.25) is 0 Å². The minimum Gasteiger partial charge on any atom is -0.317 e. The summed E-state index contributed by atoms with van der Waals surface area (Å²) < 4.78 is 0. The average molecular weight is 316 g/mol. The number of benzene rings is 2. The van der Waals surface area contributed by atoms with E-state index in [-0.39, 0.29) is 0 Å². The molecule has 0 fully saturated rings. The third-order valence-corrected chi connectivity index (χ3v) is 3.07. The zero-order valence-corrected chi connectivity index (χ0v) is 12.6. The first-order chi connectivity index (χ1) is 10.6. The Kier molecular flexibility index (Phi) is 5.27. The van der Waals surface area contributed by atoms with Gasteiger partial charge in [-0.25, -0.2) is 5.43 Å². The van der Waals surface area contributed by atoms with Gasteiger partial charge in [-0.05, 0) is 30.2 Å². The highest BCUT2D eigenvalue weighted by molar-refractivity contribution is 6.40. The van der Waals surface area contributed by atoms with Gasteiger partial charge in [-0.15, -0.1) is 0 Å². The molecule has 0 aromatic heterocycles. The summed E-state index contributed by atoms with van der Waals surface area (Å²) in [7, 11) is 0. The number of carbonyl (C=O) groups is 2. The molecule has 0 heterocycles. The van der Waals surface area contributed by atoms with E-state index in [0.29, 0.717) is 10.7 Å². The lowest BCUT2D eigenvalue weighted by atomic mass is 10.2. The molecule has 6 heteroatoms. The van der Waals surface area contributed by atoms with E-state index < -0.39 is 11.8 Å². The maximum Gasteiger partial charge on any atom is 0.329 e. The fourth-order valence-corrected chi connectivity index (χ4v) is 1.84. The first kappa shape index (κ1) is 15.7. The highest BCUT2D eigenvalue weighted by Crippen LogP contribution is 2.19. The number of rotatable bonds is 3. The van der Waals surface area contributed by atoms with Crippen LogP contribution in [-0.4, -0.2) is 18.0 Å². The fraction of sp³-hybridized carbons (Fsp3) is 0.0625. The highest BCUT2D eigenvalue weighted by Gasteiger charge is 2.14. The Bertz CT molecular complexity index is 715. The summed E-state index contributed by atoms with van der Waals surface area (Å²) in [4.78, 5) is 23.4. The zero-order valence-electron chi connectivity index (χ0n) is 11.8. The van der Waals surface area contributed by atoms with Gasteiger partial charge < -0.3 is 5.32 Å². The number of nitrogens with one attached hydrogen (secondary N) is 2. The molecular weight excluding hydrogens is 302 g/mol. The van der Waals surface area contributed by atoms with Crippen molar-refractivity contribution in [2.75, 3.05) is 5.32 Å². The van der Waals surface area contributed by atoms with Crippen molar-refractivity contribution in [1.29, 1.82) is 0 Å². The van der Waals surface area contributed by atoms with Crippen LogP contribution in [0.25, 0.3) is 0 Å². The molecule has 0 aliphatic heterocycles. The lowest BCUT2D eigenvalue weighted by Gasteiger charge is -2.07. The van der Waals surface area contributed by atoms with Crippen LogP contribution in [0.15, 0.2) is 53.6 Å². The van der Waals surface area contributed by atoms with E-state index >= 15 is 0 Å². The lowest BCUT2D eigenvalue weighted by molar-refractivity contribution is -0.136. The van der Waals surface area contributed by atoms with Crippen molar-refractivity contribution in [3.05, 3.63) is 64.7 Å². The first-order valence-corrected chi connectivity index (χ1v) is 6.89. The third kappa shape index (κ3) is 4.43. The van der Waals surface area contributed by atoms with Gasteiger partial charge in [-0.1, -0.05) is 48.0 Å². The monoisotopic (exact) mass is 315 g/mol. The summed E-state index contributed by atoms with van der Waals surface area (Å²) in [6.45, 7) is 1.80. The maximum absolute atomic E-state index is 11.8. The smallest absolute Gasteiger partial charge is 0.317 e. The second kappa shape index (κ2) is 7.38. The number of amides is 2. The number of hydrazone groups is 1. The van der Waals surface area contributed by atoms with E-state index in [1.54, 1.807) is 25.1 Å². The van der Waals surface area contributed by atoms with E-state index in [9.17, 15) is 9.59 Å². The van der Waals surface area contributed by atoms with Crippen LogP contribution in [0.4, 0.5) is 5.69 Å². The fourth-order valence-electron chi connectivity index (χ4n) is 1.66. The molecule has 5 nitrogen and oxygen atoms in total. The Morgan fingerprint density at radius 2 is 1.82 bits per heavy atom. The highest BCUT2D eigenvalue weighted by atomic mass is 35.5. The molecule has 0 aliphatic carbocycles. The van der Waals surface area contributed by atoms with E-state index in [1.807, 2.05) is 30.3 Å². The van der Waals surface area contributed by atoms with Crippen LogP contribution in [0, 0.1) is 6.92 Å². The van der Waals surface area contributed by atoms with Crippen LogP contribution in [0.5, 0.6) is 0 Å². The van der Waals surface area contributed by atoms with Gasteiger partial charge in [0.25, 0.3) is 0 Å². The zero-order chi connectivity index (χ0) is 15.9. The quantitative estimate of drug-likeness (QED) is 0.519. The van der Waals surface area contributed by atoms with Crippen molar-refractivity contribution in [3.63, 3.8) is 0 Å². The molecule has 0 radical (unpaired) electrons. The SMILES string of the molecule is Cc1ccc(Cl)cc1NC(=O)C(=O)NN=Cc1ccccc1. The Balaban J connectivity index is 1.94.